The van der Waals surface area contributed by atoms with Crippen molar-refractivity contribution in [2.45, 2.75) is 13.5 Å². The fourth-order valence-corrected chi connectivity index (χ4v) is 2.87. The standard InChI is InChI=1S/C20H15BrN4O2/c1-13-2-4-15(5-3-13)20-22-18(27-24-20)12-25-19(26)11-10-17(23-25)14-6-8-16(21)9-7-14/h2-11H,12H2,1H3. The van der Waals surface area contributed by atoms with Gasteiger partial charge in [-0.1, -0.05) is 63.0 Å². The van der Waals surface area contributed by atoms with Crippen LogP contribution in [0.4, 0.5) is 0 Å². The Bertz CT molecular complexity index is 1130. The number of halogens is 1. The van der Waals surface area contributed by atoms with Crippen molar-refractivity contribution in [3.05, 3.63) is 86.9 Å². The van der Waals surface area contributed by atoms with Gasteiger partial charge in [-0.3, -0.25) is 4.79 Å². The second-order valence-electron chi connectivity index (χ2n) is 6.10. The van der Waals surface area contributed by atoms with Gasteiger partial charge in [-0.25, -0.2) is 4.68 Å². The molecule has 0 radical (unpaired) electrons. The quantitative estimate of drug-likeness (QED) is 0.495. The first kappa shape index (κ1) is 17.4. The van der Waals surface area contributed by atoms with Crippen LogP contribution in [-0.2, 0) is 6.54 Å². The van der Waals surface area contributed by atoms with E-state index < -0.39 is 0 Å². The lowest BCUT2D eigenvalue weighted by Gasteiger charge is -2.05. The van der Waals surface area contributed by atoms with Gasteiger partial charge in [-0.2, -0.15) is 10.1 Å². The van der Waals surface area contributed by atoms with E-state index in [1.807, 2.05) is 55.5 Å². The molecule has 4 rings (SSSR count). The van der Waals surface area contributed by atoms with Crippen molar-refractivity contribution in [1.82, 2.24) is 19.9 Å². The zero-order chi connectivity index (χ0) is 18.8. The summed E-state index contributed by atoms with van der Waals surface area (Å²) in [5, 5.41) is 8.42. The number of nitrogens with zero attached hydrogens (tertiary/aromatic N) is 4. The normalized spacial score (nSPS) is 10.9. The molecule has 0 atom stereocenters. The first-order valence-electron chi connectivity index (χ1n) is 8.32. The summed E-state index contributed by atoms with van der Waals surface area (Å²) in [6.07, 6.45) is 0. The van der Waals surface area contributed by atoms with E-state index >= 15 is 0 Å². The van der Waals surface area contributed by atoms with Gasteiger partial charge >= 0.3 is 0 Å². The fraction of sp³-hybridized carbons (Fsp3) is 0.100. The van der Waals surface area contributed by atoms with Gasteiger partial charge in [0.15, 0.2) is 0 Å². The highest BCUT2D eigenvalue weighted by atomic mass is 79.9. The molecule has 0 saturated heterocycles. The Labute approximate surface area is 163 Å². The summed E-state index contributed by atoms with van der Waals surface area (Å²) in [7, 11) is 0. The predicted molar refractivity (Wildman–Crippen MR) is 105 cm³/mol. The molecule has 0 saturated carbocycles. The van der Waals surface area contributed by atoms with Gasteiger partial charge in [0, 0.05) is 21.7 Å². The molecule has 7 heteroatoms. The number of benzene rings is 2. The highest BCUT2D eigenvalue weighted by Crippen LogP contribution is 2.19. The Morgan fingerprint density at radius 1 is 0.963 bits per heavy atom. The van der Waals surface area contributed by atoms with Gasteiger partial charge in [0.05, 0.1) is 5.69 Å². The average molecular weight is 423 g/mol. The van der Waals surface area contributed by atoms with Gasteiger partial charge in [0.2, 0.25) is 11.7 Å². The Kier molecular flexibility index (Phi) is 4.68. The maximum atomic E-state index is 12.2. The largest absolute Gasteiger partial charge is 0.337 e. The van der Waals surface area contributed by atoms with Crippen molar-refractivity contribution in [3.63, 3.8) is 0 Å². The van der Waals surface area contributed by atoms with E-state index in [1.54, 1.807) is 6.07 Å². The Hall–Kier alpha value is -3.06. The third kappa shape index (κ3) is 3.88. The topological polar surface area (TPSA) is 73.8 Å². The van der Waals surface area contributed by atoms with Crippen molar-refractivity contribution < 1.29 is 4.52 Å². The predicted octanol–water partition coefficient (Wildman–Crippen LogP) is 4.08. The average Bonchev–Trinajstić information content (AvgIpc) is 3.13. The van der Waals surface area contributed by atoms with Crippen LogP contribution in [0.5, 0.6) is 0 Å². The molecule has 0 aliphatic heterocycles. The molecule has 4 aromatic rings. The van der Waals surface area contributed by atoms with Crippen molar-refractivity contribution >= 4 is 15.9 Å². The van der Waals surface area contributed by atoms with Gasteiger partial charge in [-0.05, 0) is 25.1 Å². The Morgan fingerprint density at radius 2 is 1.67 bits per heavy atom. The maximum absolute atomic E-state index is 12.2. The molecule has 0 unspecified atom stereocenters. The Balaban J connectivity index is 1.61. The van der Waals surface area contributed by atoms with Crippen molar-refractivity contribution in [2.75, 3.05) is 0 Å². The lowest BCUT2D eigenvalue weighted by atomic mass is 10.1. The lowest BCUT2D eigenvalue weighted by molar-refractivity contribution is 0.363. The first-order valence-corrected chi connectivity index (χ1v) is 9.11. The maximum Gasteiger partial charge on any atom is 0.267 e. The van der Waals surface area contributed by atoms with Gasteiger partial charge < -0.3 is 4.52 Å². The van der Waals surface area contributed by atoms with Crippen LogP contribution >= 0.6 is 15.9 Å². The molecule has 0 spiro atoms. The number of hydrogen-bond acceptors (Lipinski definition) is 5. The first-order chi connectivity index (χ1) is 13.1. The van der Waals surface area contributed by atoms with Crippen LogP contribution < -0.4 is 5.56 Å². The highest BCUT2D eigenvalue weighted by molar-refractivity contribution is 9.10. The third-order valence-electron chi connectivity index (χ3n) is 4.07. The summed E-state index contributed by atoms with van der Waals surface area (Å²) >= 11 is 3.41. The molecule has 0 aliphatic rings. The zero-order valence-electron chi connectivity index (χ0n) is 14.5. The van der Waals surface area contributed by atoms with E-state index in [9.17, 15) is 4.79 Å². The van der Waals surface area contributed by atoms with Gasteiger partial charge in [-0.15, -0.1) is 0 Å². The van der Waals surface area contributed by atoms with Crippen molar-refractivity contribution in [2.24, 2.45) is 0 Å². The zero-order valence-corrected chi connectivity index (χ0v) is 16.0. The van der Waals surface area contributed by atoms with E-state index in [2.05, 4.69) is 31.2 Å². The minimum absolute atomic E-state index is 0.113. The van der Waals surface area contributed by atoms with Gasteiger partial charge in [0.1, 0.15) is 6.54 Å². The van der Waals surface area contributed by atoms with E-state index in [4.69, 9.17) is 4.52 Å². The molecule has 2 aromatic heterocycles. The third-order valence-corrected chi connectivity index (χ3v) is 4.60. The van der Waals surface area contributed by atoms with Crippen molar-refractivity contribution in [1.29, 1.82) is 0 Å². The summed E-state index contributed by atoms with van der Waals surface area (Å²) in [5.41, 5.74) is 3.40. The molecule has 0 amide bonds. The number of aromatic nitrogens is 4. The molecule has 27 heavy (non-hydrogen) atoms. The molecular formula is C20H15BrN4O2. The van der Waals surface area contributed by atoms with Crippen molar-refractivity contribution in [3.8, 4) is 22.6 Å². The molecule has 2 aromatic carbocycles. The Morgan fingerprint density at radius 3 is 2.41 bits per heavy atom. The summed E-state index contributed by atoms with van der Waals surface area (Å²) < 4.78 is 7.61. The second kappa shape index (κ2) is 7.28. The van der Waals surface area contributed by atoms with Crippen LogP contribution in [0, 0.1) is 6.92 Å². The molecular weight excluding hydrogens is 408 g/mol. The summed E-state index contributed by atoms with van der Waals surface area (Å²) in [4.78, 5) is 16.6. The van der Waals surface area contributed by atoms with E-state index in [1.165, 1.54) is 10.7 Å². The molecule has 0 fully saturated rings. The summed E-state index contributed by atoms with van der Waals surface area (Å²) in [5.74, 6) is 0.815. The summed E-state index contributed by atoms with van der Waals surface area (Å²) in [6, 6.07) is 18.8. The smallest absolute Gasteiger partial charge is 0.267 e. The second-order valence-corrected chi connectivity index (χ2v) is 7.01. The van der Waals surface area contributed by atoms with Crippen LogP contribution in [0.15, 0.2) is 74.5 Å². The number of aryl methyl sites for hydroxylation is 1. The SMILES string of the molecule is Cc1ccc(-c2noc(Cn3nc(-c4ccc(Br)cc4)ccc3=O)n2)cc1. The van der Waals surface area contributed by atoms with Crippen LogP contribution in [0.1, 0.15) is 11.5 Å². The minimum Gasteiger partial charge on any atom is -0.337 e. The number of rotatable bonds is 4. The van der Waals surface area contributed by atoms with Crippen LogP contribution in [0.25, 0.3) is 22.6 Å². The molecule has 0 aliphatic carbocycles. The van der Waals surface area contributed by atoms with Crippen LogP contribution in [-0.4, -0.2) is 19.9 Å². The van der Waals surface area contributed by atoms with E-state index in [0.717, 1.165) is 21.2 Å². The molecule has 0 N–H and O–H groups in total. The van der Waals surface area contributed by atoms with Crippen LogP contribution in [0.2, 0.25) is 0 Å². The van der Waals surface area contributed by atoms with Gasteiger partial charge in [0.25, 0.3) is 5.56 Å². The molecule has 2 heterocycles. The van der Waals surface area contributed by atoms with E-state index in [0.29, 0.717) is 17.4 Å². The molecule has 6 nitrogen and oxygen atoms in total. The molecule has 0 bridgehead atoms. The lowest BCUT2D eigenvalue weighted by Crippen LogP contribution is -2.23. The minimum atomic E-state index is -0.231. The monoisotopic (exact) mass is 422 g/mol. The van der Waals surface area contributed by atoms with E-state index in [-0.39, 0.29) is 12.1 Å². The molecule has 134 valence electrons. The highest BCUT2D eigenvalue weighted by Gasteiger charge is 2.11. The summed E-state index contributed by atoms with van der Waals surface area (Å²) in [6.45, 7) is 2.13. The fourth-order valence-electron chi connectivity index (χ4n) is 2.60. The number of hydrogen-bond donors (Lipinski definition) is 0. The van der Waals surface area contributed by atoms with Crippen LogP contribution in [0.3, 0.4) is 0 Å².